The van der Waals surface area contributed by atoms with Gasteiger partial charge in [-0.25, -0.2) is 4.98 Å². The SMILES string of the molecule is N#Cc1ccc2nc(COC3CCCCC3)n(Cc3ccccc3OC(F)F)c2c1. The van der Waals surface area contributed by atoms with Crippen molar-refractivity contribution in [2.75, 3.05) is 0 Å². The van der Waals surface area contributed by atoms with Crippen LogP contribution in [-0.2, 0) is 17.9 Å². The van der Waals surface area contributed by atoms with E-state index in [2.05, 4.69) is 6.07 Å². The summed E-state index contributed by atoms with van der Waals surface area (Å²) in [6.07, 6.45) is 5.90. The van der Waals surface area contributed by atoms with Crippen molar-refractivity contribution < 1.29 is 18.3 Å². The zero-order valence-electron chi connectivity index (χ0n) is 16.6. The van der Waals surface area contributed by atoms with Crippen LogP contribution in [0.15, 0.2) is 42.5 Å². The van der Waals surface area contributed by atoms with Gasteiger partial charge in [0.15, 0.2) is 0 Å². The van der Waals surface area contributed by atoms with Crippen LogP contribution in [0.4, 0.5) is 8.78 Å². The first-order chi connectivity index (χ1) is 14.6. The number of imidazole rings is 1. The van der Waals surface area contributed by atoms with Gasteiger partial charge in [-0.2, -0.15) is 14.0 Å². The van der Waals surface area contributed by atoms with Crippen LogP contribution >= 0.6 is 0 Å². The highest BCUT2D eigenvalue weighted by Crippen LogP contribution is 2.27. The van der Waals surface area contributed by atoms with Gasteiger partial charge in [0.05, 0.1) is 35.3 Å². The lowest BCUT2D eigenvalue weighted by molar-refractivity contribution is -0.0505. The maximum absolute atomic E-state index is 12.8. The lowest BCUT2D eigenvalue weighted by atomic mass is 9.98. The Morgan fingerprint density at radius 3 is 2.70 bits per heavy atom. The maximum atomic E-state index is 12.8. The number of fused-ring (bicyclic) bond motifs is 1. The van der Waals surface area contributed by atoms with Gasteiger partial charge in [-0.15, -0.1) is 0 Å². The molecular formula is C23H23F2N3O2. The normalized spacial score (nSPS) is 14.9. The minimum atomic E-state index is -2.90. The summed E-state index contributed by atoms with van der Waals surface area (Å²) < 4.78 is 38.4. The summed E-state index contributed by atoms with van der Waals surface area (Å²) in [6.45, 7) is -2.28. The van der Waals surface area contributed by atoms with E-state index in [1.807, 2.05) is 4.57 Å². The van der Waals surface area contributed by atoms with Crippen LogP contribution in [0.25, 0.3) is 11.0 Å². The number of aromatic nitrogens is 2. The van der Waals surface area contributed by atoms with Crippen LogP contribution in [-0.4, -0.2) is 22.3 Å². The molecule has 0 atom stereocenters. The second-order valence-electron chi connectivity index (χ2n) is 7.49. The van der Waals surface area contributed by atoms with Gasteiger partial charge in [-0.3, -0.25) is 0 Å². The predicted octanol–water partition coefficient (Wildman–Crippen LogP) is 5.41. The summed E-state index contributed by atoms with van der Waals surface area (Å²) in [5, 5.41) is 9.29. The van der Waals surface area contributed by atoms with E-state index >= 15 is 0 Å². The quantitative estimate of drug-likeness (QED) is 0.522. The first-order valence-electron chi connectivity index (χ1n) is 10.2. The number of nitrogens with zero attached hydrogens (tertiary/aromatic N) is 3. The lowest BCUT2D eigenvalue weighted by Crippen LogP contribution is -2.18. The molecule has 30 heavy (non-hydrogen) atoms. The molecule has 1 aliphatic rings. The van der Waals surface area contributed by atoms with Crippen LogP contribution in [0.2, 0.25) is 0 Å². The van der Waals surface area contributed by atoms with Gasteiger partial charge in [0.25, 0.3) is 0 Å². The predicted molar refractivity (Wildman–Crippen MR) is 108 cm³/mol. The van der Waals surface area contributed by atoms with Crippen molar-refractivity contribution in [2.45, 2.75) is 58.0 Å². The largest absolute Gasteiger partial charge is 0.434 e. The van der Waals surface area contributed by atoms with Crippen LogP contribution < -0.4 is 4.74 Å². The number of alkyl halides is 2. The smallest absolute Gasteiger partial charge is 0.387 e. The van der Waals surface area contributed by atoms with Crippen molar-refractivity contribution >= 4 is 11.0 Å². The molecule has 0 N–H and O–H groups in total. The molecule has 7 heteroatoms. The third-order valence-electron chi connectivity index (χ3n) is 5.47. The molecule has 4 rings (SSSR count). The lowest BCUT2D eigenvalue weighted by Gasteiger charge is -2.22. The molecule has 0 saturated heterocycles. The average molecular weight is 411 g/mol. The Labute approximate surface area is 173 Å². The van der Waals surface area contributed by atoms with E-state index in [-0.39, 0.29) is 18.4 Å². The zero-order chi connectivity index (χ0) is 20.9. The number of hydrogen-bond donors (Lipinski definition) is 0. The molecule has 2 aromatic carbocycles. The topological polar surface area (TPSA) is 60.1 Å². The number of nitriles is 1. The highest BCUT2D eigenvalue weighted by Gasteiger charge is 2.18. The van der Waals surface area contributed by atoms with Crippen LogP contribution in [0.3, 0.4) is 0 Å². The molecule has 3 aromatic rings. The Kier molecular flexibility index (Phi) is 6.24. The van der Waals surface area contributed by atoms with Gasteiger partial charge in [0, 0.05) is 5.56 Å². The molecule has 1 saturated carbocycles. The van der Waals surface area contributed by atoms with Crippen molar-refractivity contribution in [3.8, 4) is 11.8 Å². The fourth-order valence-corrected chi connectivity index (χ4v) is 3.97. The molecule has 1 aliphatic carbocycles. The van der Waals surface area contributed by atoms with E-state index in [0.29, 0.717) is 23.6 Å². The van der Waals surface area contributed by atoms with Gasteiger partial charge in [-0.05, 0) is 37.1 Å². The molecule has 1 heterocycles. The van der Waals surface area contributed by atoms with Crippen LogP contribution in [0.5, 0.6) is 5.75 Å². The summed E-state index contributed by atoms with van der Waals surface area (Å²) in [4.78, 5) is 4.70. The second-order valence-corrected chi connectivity index (χ2v) is 7.49. The molecule has 1 aromatic heterocycles. The van der Waals surface area contributed by atoms with E-state index in [1.54, 1.807) is 36.4 Å². The monoisotopic (exact) mass is 411 g/mol. The molecular weight excluding hydrogens is 388 g/mol. The molecule has 0 bridgehead atoms. The summed E-state index contributed by atoms with van der Waals surface area (Å²) in [5.74, 6) is 0.836. The standard InChI is InChI=1S/C23H23F2N3O2/c24-23(25)30-21-9-5-4-6-17(21)14-28-20-12-16(13-26)10-11-19(20)27-22(28)15-29-18-7-2-1-3-8-18/h4-6,9-12,18,23H,1-3,7-8,14-15H2. The van der Waals surface area contributed by atoms with E-state index < -0.39 is 6.61 Å². The molecule has 0 spiro atoms. The Hall–Kier alpha value is -2.98. The van der Waals surface area contributed by atoms with Gasteiger partial charge in [-0.1, -0.05) is 37.5 Å². The zero-order valence-corrected chi connectivity index (χ0v) is 16.6. The highest BCUT2D eigenvalue weighted by molar-refractivity contribution is 5.78. The Balaban J connectivity index is 1.68. The summed E-state index contributed by atoms with van der Waals surface area (Å²) >= 11 is 0. The first kappa shape index (κ1) is 20.3. The fraction of sp³-hybridized carbons (Fsp3) is 0.391. The number of benzene rings is 2. The third-order valence-corrected chi connectivity index (χ3v) is 5.47. The van der Waals surface area contributed by atoms with Crippen LogP contribution in [0.1, 0.15) is 49.1 Å². The molecule has 0 radical (unpaired) electrons. The number of halogens is 2. The molecule has 0 aliphatic heterocycles. The molecule has 0 unspecified atom stereocenters. The molecule has 1 fully saturated rings. The van der Waals surface area contributed by atoms with E-state index in [1.165, 1.54) is 25.3 Å². The van der Waals surface area contributed by atoms with Crippen molar-refractivity contribution in [1.29, 1.82) is 5.26 Å². The van der Waals surface area contributed by atoms with Crippen molar-refractivity contribution in [3.63, 3.8) is 0 Å². The van der Waals surface area contributed by atoms with Crippen molar-refractivity contribution in [1.82, 2.24) is 9.55 Å². The number of para-hydroxylation sites is 1. The average Bonchev–Trinajstić information content (AvgIpc) is 3.10. The van der Waals surface area contributed by atoms with Crippen molar-refractivity contribution in [2.24, 2.45) is 0 Å². The van der Waals surface area contributed by atoms with Crippen molar-refractivity contribution in [3.05, 3.63) is 59.4 Å². The first-order valence-corrected chi connectivity index (χ1v) is 10.2. The Morgan fingerprint density at radius 2 is 1.93 bits per heavy atom. The number of hydrogen-bond acceptors (Lipinski definition) is 4. The molecule has 156 valence electrons. The summed E-state index contributed by atoms with van der Waals surface area (Å²) in [5.41, 5.74) is 2.63. The van der Waals surface area contributed by atoms with E-state index in [0.717, 1.165) is 23.9 Å². The van der Waals surface area contributed by atoms with Crippen LogP contribution in [0, 0.1) is 11.3 Å². The minimum absolute atomic E-state index is 0.130. The molecule has 5 nitrogen and oxygen atoms in total. The van der Waals surface area contributed by atoms with Gasteiger partial charge in [0.1, 0.15) is 18.2 Å². The Morgan fingerprint density at radius 1 is 1.13 bits per heavy atom. The Bertz CT molecular complexity index is 1050. The second kappa shape index (κ2) is 9.23. The van der Waals surface area contributed by atoms with E-state index in [4.69, 9.17) is 14.5 Å². The van der Waals surface area contributed by atoms with Gasteiger partial charge < -0.3 is 14.0 Å². The summed E-state index contributed by atoms with van der Waals surface area (Å²) in [6, 6.07) is 14.2. The molecule has 0 amide bonds. The minimum Gasteiger partial charge on any atom is -0.434 e. The fourth-order valence-electron chi connectivity index (χ4n) is 3.97. The van der Waals surface area contributed by atoms with Gasteiger partial charge >= 0.3 is 6.61 Å². The number of rotatable bonds is 7. The highest BCUT2D eigenvalue weighted by atomic mass is 19.3. The third kappa shape index (κ3) is 4.60. The number of ether oxygens (including phenoxy) is 2. The summed E-state index contributed by atoms with van der Waals surface area (Å²) in [7, 11) is 0. The van der Waals surface area contributed by atoms with E-state index in [9.17, 15) is 14.0 Å². The maximum Gasteiger partial charge on any atom is 0.387 e. The van der Waals surface area contributed by atoms with Gasteiger partial charge in [0.2, 0.25) is 0 Å².